The first-order chi connectivity index (χ1) is 8.54. The fourth-order valence-corrected chi connectivity index (χ4v) is 2.39. The Kier molecular flexibility index (Phi) is 4.01. The molecule has 1 aromatic heterocycles. The van der Waals surface area contributed by atoms with E-state index in [4.69, 9.17) is 4.74 Å². The van der Waals surface area contributed by atoms with Gasteiger partial charge in [-0.05, 0) is 25.8 Å². The first kappa shape index (κ1) is 13.1. The molecule has 2 rings (SSSR count). The number of nitrogens with zero attached hydrogens (tertiary/aromatic N) is 3. The van der Waals surface area contributed by atoms with Crippen molar-refractivity contribution in [1.82, 2.24) is 14.7 Å². The lowest BCUT2D eigenvalue weighted by Gasteiger charge is -2.35. The number of morpholine rings is 1. The Balaban J connectivity index is 1.84. The zero-order valence-electron chi connectivity index (χ0n) is 11.3. The molecule has 1 aromatic rings. The van der Waals surface area contributed by atoms with Crippen molar-refractivity contribution < 1.29 is 9.53 Å². The van der Waals surface area contributed by atoms with Crippen LogP contribution in [-0.4, -0.2) is 45.9 Å². The lowest BCUT2D eigenvalue weighted by molar-refractivity contribution is -0.143. The van der Waals surface area contributed by atoms with Gasteiger partial charge in [0.15, 0.2) is 0 Å². The van der Waals surface area contributed by atoms with E-state index in [0.717, 1.165) is 12.0 Å². The van der Waals surface area contributed by atoms with Crippen molar-refractivity contribution in [3.8, 4) is 0 Å². The minimum Gasteiger partial charge on any atom is -0.372 e. The highest BCUT2D eigenvalue weighted by molar-refractivity contribution is 5.76. The average Bonchev–Trinajstić information content (AvgIpc) is 2.70. The van der Waals surface area contributed by atoms with Crippen LogP contribution in [0.4, 0.5) is 0 Å². The minimum absolute atomic E-state index is 0.135. The number of aryl methyl sites for hydroxylation is 2. The first-order valence-corrected chi connectivity index (χ1v) is 6.45. The van der Waals surface area contributed by atoms with Crippen LogP contribution in [0.5, 0.6) is 0 Å². The lowest BCUT2D eigenvalue weighted by atomic mass is 10.1. The fraction of sp³-hybridized carbons (Fsp3) is 0.692. The Morgan fingerprint density at radius 1 is 1.44 bits per heavy atom. The van der Waals surface area contributed by atoms with Gasteiger partial charge in [0.2, 0.25) is 5.91 Å². The summed E-state index contributed by atoms with van der Waals surface area (Å²) in [6, 6.07) is 0. The van der Waals surface area contributed by atoms with Crippen LogP contribution in [0.25, 0.3) is 0 Å². The molecule has 18 heavy (non-hydrogen) atoms. The fourth-order valence-electron chi connectivity index (χ4n) is 2.39. The molecule has 0 spiro atoms. The molecule has 0 radical (unpaired) electrons. The summed E-state index contributed by atoms with van der Waals surface area (Å²) in [6.07, 6.45) is 5.35. The smallest absolute Gasteiger partial charge is 0.223 e. The molecular weight excluding hydrogens is 230 g/mol. The van der Waals surface area contributed by atoms with Crippen LogP contribution >= 0.6 is 0 Å². The molecule has 1 amide bonds. The Morgan fingerprint density at radius 2 is 2.11 bits per heavy atom. The molecule has 5 nitrogen and oxygen atoms in total. The van der Waals surface area contributed by atoms with Crippen molar-refractivity contribution >= 4 is 5.91 Å². The van der Waals surface area contributed by atoms with Gasteiger partial charge in [-0.1, -0.05) is 0 Å². The summed E-state index contributed by atoms with van der Waals surface area (Å²) in [7, 11) is 1.89. The zero-order chi connectivity index (χ0) is 13.1. The van der Waals surface area contributed by atoms with Crippen LogP contribution in [0.3, 0.4) is 0 Å². The monoisotopic (exact) mass is 251 g/mol. The first-order valence-electron chi connectivity index (χ1n) is 6.45. The Hall–Kier alpha value is -1.36. The molecule has 0 N–H and O–H groups in total. The highest BCUT2D eigenvalue weighted by Gasteiger charge is 2.25. The van der Waals surface area contributed by atoms with Crippen molar-refractivity contribution in [2.45, 2.75) is 38.9 Å². The van der Waals surface area contributed by atoms with Gasteiger partial charge in [0.1, 0.15) is 0 Å². The third-order valence-corrected chi connectivity index (χ3v) is 3.16. The summed E-state index contributed by atoms with van der Waals surface area (Å²) in [5.74, 6) is 0.209. The molecule has 1 saturated heterocycles. The molecule has 1 aliphatic rings. The van der Waals surface area contributed by atoms with Crippen molar-refractivity contribution in [1.29, 1.82) is 0 Å². The summed E-state index contributed by atoms with van der Waals surface area (Å²) in [5.41, 5.74) is 1.11. The van der Waals surface area contributed by atoms with E-state index < -0.39 is 0 Å². The van der Waals surface area contributed by atoms with E-state index in [1.165, 1.54) is 0 Å². The number of hydrogen-bond acceptors (Lipinski definition) is 3. The standard InChI is InChI=1S/C13H21N3O2/c1-10-7-16(8-11(2)18-10)13(17)5-4-12-6-14-15(3)9-12/h6,9-11H,4-5,7-8H2,1-3H3. The molecule has 2 heterocycles. The molecule has 0 bridgehead atoms. The zero-order valence-corrected chi connectivity index (χ0v) is 11.3. The van der Waals surface area contributed by atoms with Gasteiger partial charge >= 0.3 is 0 Å². The van der Waals surface area contributed by atoms with Crippen molar-refractivity contribution in [2.24, 2.45) is 7.05 Å². The van der Waals surface area contributed by atoms with Crippen molar-refractivity contribution in [2.75, 3.05) is 13.1 Å². The number of ether oxygens (including phenoxy) is 1. The van der Waals surface area contributed by atoms with Crippen LogP contribution in [0.2, 0.25) is 0 Å². The number of rotatable bonds is 3. The number of aromatic nitrogens is 2. The summed E-state index contributed by atoms with van der Waals surface area (Å²) in [4.78, 5) is 14.0. The van der Waals surface area contributed by atoms with Crippen LogP contribution in [-0.2, 0) is 23.0 Å². The van der Waals surface area contributed by atoms with Crippen LogP contribution in [0, 0.1) is 0 Å². The number of carbonyl (C=O) groups is 1. The molecule has 100 valence electrons. The van der Waals surface area contributed by atoms with E-state index in [2.05, 4.69) is 5.10 Å². The number of carbonyl (C=O) groups excluding carboxylic acids is 1. The second kappa shape index (κ2) is 5.52. The highest BCUT2D eigenvalue weighted by atomic mass is 16.5. The SMILES string of the molecule is CC1CN(C(=O)CCc2cnn(C)c2)CC(C)O1. The van der Waals surface area contributed by atoms with Gasteiger partial charge in [-0.3, -0.25) is 9.48 Å². The third kappa shape index (κ3) is 3.32. The molecule has 2 unspecified atom stereocenters. The molecule has 0 aromatic carbocycles. The predicted molar refractivity (Wildman–Crippen MR) is 68.1 cm³/mol. The van der Waals surface area contributed by atoms with Gasteiger partial charge in [0.05, 0.1) is 18.4 Å². The second-order valence-electron chi connectivity index (χ2n) is 5.08. The molecule has 0 aliphatic carbocycles. The quantitative estimate of drug-likeness (QED) is 0.805. The molecule has 1 aliphatic heterocycles. The van der Waals surface area contributed by atoms with Crippen LogP contribution in [0.1, 0.15) is 25.8 Å². The normalized spacial score (nSPS) is 24.3. The highest BCUT2D eigenvalue weighted by Crippen LogP contribution is 2.12. The van der Waals surface area contributed by atoms with E-state index in [0.29, 0.717) is 19.5 Å². The molecule has 5 heteroatoms. The Bertz CT molecular complexity index is 406. The van der Waals surface area contributed by atoms with E-state index in [9.17, 15) is 4.79 Å². The van der Waals surface area contributed by atoms with Gasteiger partial charge in [-0.25, -0.2) is 0 Å². The van der Waals surface area contributed by atoms with Crippen LogP contribution < -0.4 is 0 Å². The third-order valence-electron chi connectivity index (χ3n) is 3.16. The maximum Gasteiger partial charge on any atom is 0.223 e. The average molecular weight is 251 g/mol. The molecule has 1 fully saturated rings. The summed E-state index contributed by atoms with van der Waals surface area (Å²) in [5, 5.41) is 4.10. The van der Waals surface area contributed by atoms with E-state index in [-0.39, 0.29) is 18.1 Å². The van der Waals surface area contributed by atoms with E-state index >= 15 is 0 Å². The van der Waals surface area contributed by atoms with Gasteiger partial charge in [-0.15, -0.1) is 0 Å². The predicted octanol–water partition coefficient (Wildman–Crippen LogP) is 0.988. The molecular formula is C13H21N3O2. The lowest BCUT2D eigenvalue weighted by Crippen LogP contribution is -2.48. The van der Waals surface area contributed by atoms with E-state index in [1.807, 2.05) is 38.2 Å². The summed E-state index contributed by atoms with van der Waals surface area (Å²) >= 11 is 0. The molecule has 2 atom stereocenters. The Morgan fingerprint density at radius 3 is 2.67 bits per heavy atom. The summed E-state index contributed by atoms with van der Waals surface area (Å²) < 4.78 is 7.39. The number of hydrogen-bond donors (Lipinski definition) is 0. The second-order valence-corrected chi connectivity index (χ2v) is 5.08. The minimum atomic E-state index is 0.135. The van der Waals surface area contributed by atoms with Gasteiger partial charge in [0, 0.05) is 32.8 Å². The van der Waals surface area contributed by atoms with Crippen molar-refractivity contribution in [3.05, 3.63) is 18.0 Å². The summed E-state index contributed by atoms with van der Waals surface area (Å²) in [6.45, 7) is 5.43. The largest absolute Gasteiger partial charge is 0.372 e. The maximum absolute atomic E-state index is 12.1. The van der Waals surface area contributed by atoms with Crippen LogP contribution in [0.15, 0.2) is 12.4 Å². The van der Waals surface area contributed by atoms with Gasteiger partial charge < -0.3 is 9.64 Å². The van der Waals surface area contributed by atoms with Gasteiger partial charge in [-0.2, -0.15) is 5.10 Å². The topological polar surface area (TPSA) is 47.4 Å². The molecule has 0 saturated carbocycles. The van der Waals surface area contributed by atoms with Gasteiger partial charge in [0.25, 0.3) is 0 Å². The van der Waals surface area contributed by atoms with Crippen molar-refractivity contribution in [3.63, 3.8) is 0 Å². The maximum atomic E-state index is 12.1. The van der Waals surface area contributed by atoms with E-state index in [1.54, 1.807) is 4.68 Å². The Labute approximate surface area is 108 Å². The number of amides is 1.